The molecule has 2 bridgehead atoms. The fourth-order valence-electron chi connectivity index (χ4n) is 3.80. The van der Waals surface area contributed by atoms with Gasteiger partial charge in [0, 0.05) is 10.9 Å². The lowest BCUT2D eigenvalue weighted by Crippen LogP contribution is -2.26. The minimum Gasteiger partial charge on any atom is -0.298 e. The van der Waals surface area contributed by atoms with Gasteiger partial charge in [0.25, 0.3) is 0 Å². The van der Waals surface area contributed by atoms with Gasteiger partial charge in [-0.15, -0.1) is 0 Å². The molecule has 2 nitrogen and oxygen atoms in total. The molecule has 3 heteroatoms. The van der Waals surface area contributed by atoms with Gasteiger partial charge in [-0.05, 0) is 42.7 Å². The molecule has 0 saturated heterocycles. The summed E-state index contributed by atoms with van der Waals surface area (Å²) < 4.78 is 0. The minimum absolute atomic E-state index is 0.0830. The summed E-state index contributed by atoms with van der Waals surface area (Å²) >= 11 is 6.12. The molecule has 0 amide bonds. The van der Waals surface area contributed by atoms with Crippen LogP contribution in [-0.2, 0) is 4.79 Å². The van der Waals surface area contributed by atoms with Gasteiger partial charge < -0.3 is 0 Å². The van der Waals surface area contributed by atoms with Crippen LogP contribution in [0.25, 0.3) is 0 Å². The first-order valence-electron chi connectivity index (χ1n) is 6.88. The summed E-state index contributed by atoms with van der Waals surface area (Å²) in [6, 6.07) is 9.35. The Kier molecular flexibility index (Phi) is 3.33. The molecular formula is C16H16ClNO. The molecule has 98 valence electrons. The smallest absolute Gasteiger partial charge is 0.157 e. The van der Waals surface area contributed by atoms with Crippen LogP contribution < -0.4 is 0 Å². The summed E-state index contributed by atoms with van der Waals surface area (Å²) in [5.74, 6) is 0.695. The highest BCUT2D eigenvalue weighted by Crippen LogP contribution is 2.50. The molecule has 1 aromatic carbocycles. The fraction of sp³-hybridized carbons (Fsp3) is 0.500. The molecule has 2 fully saturated rings. The molecule has 0 spiro atoms. The molecule has 19 heavy (non-hydrogen) atoms. The van der Waals surface area contributed by atoms with E-state index in [-0.39, 0.29) is 11.7 Å². The highest BCUT2D eigenvalue weighted by Gasteiger charge is 2.45. The predicted octanol–water partition coefficient (Wildman–Crippen LogP) is 3.95. The SMILES string of the molecule is N#CC(C(=O)C1CC2CCC1C2)c1ccccc1Cl. The third-order valence-corrected chi connectivity index (χ3v) is 5.08. The Morgan fingerprint density at radius 2 is 2.11 bits per heavy atom. The summed E-state index contributed by atoms with van der Waals surface area (Å²) in [5, 5.41) is 9.89. The van der Waals surface area contributed by atoms with E-state index in [1.807, 2.05) is 12.1 Å². The molecule has 0 N–H and O–H groups in total. The molecule has 3 rings (SSSR count). The van der Waals surface area contributed by atoms with Gasteiger partial charge in [0.15, 0.2) is 5.78 Å². The first-order valence-corrected chi connectivity index (χ1v) is 7.26. The number of ketones is 1. The number of carbonyl (C=O) groups excluding carboxylic acids is 1. The number of Topliss-reactive ketones (excluding diaryl/α,β-unsaturated/α-hetero) is 1. The Labute approximate surface area is 118 Å². The van der Waals surface area contributed by atoms with E-state index in [1.165, 1.54) is 12.8 Å². The maximum atomic E-state index is 12.6. The number of hydrogen-bond acceptors (Lipinski definition) is 2. The van der Waals surface area contributed by atoms with Crippen molar-refractivity contribution in [3.05, 3.63) is 34.9 Å². The first kappa shape index (κ1) is 12.7. The Bertz CT molecular complexity index is 548. The lowest BCUT2D eigenvalue weighted by atomic mass is 9.79. The van der Waals surface area contributed by atoms with Gasteiger partial charge in [0.1, 0.15) is 5.92 Å². The average molecular weight is 274 g/mol. The van der Waals surface area contributed by atoms with Gasteiger partial charge in [0.05, 0.1) is 6.07 Å². The molecule has 0 radical (unpaired) electrons. The van der Waals surface area contributed by atoms with Crippen molar-refractivity contribution in [2.75, 3.05) is 0 Å². The highest BCUT2D eigenvalue weighted by atomic mass is 35.5. The molecule has 2 aliphatic carbocycles. The van der Waals surface area contributed by atoms with Crippen LogP contribution in [0.15, 0.2) is 24.3 Å². The lowest BCUT2D eigenvalue weighted by Gasteiger charge is -2.23. The maximum absolute atomic E-state index is 12.6. The second kappa shape index (κ2) is 4.98. The number of rotatable bonds is 3. The number of nitrogens with zero attached hydrogens (tertiary/aromatic N) is 1. The number of fused-ring (bicyclic) bond motifs is 2. The number of nitriles is 1. The third-order valence-electron chi connectivity index (χ3n) is 4.73. The van der Waals surface area contributed by atoms with Gasteiger partial charge in [-0.2, -0.15) is 5.26 Å². The van der Waals surface area contributed by atoms with Crippen LogP contribution in [-0.4, -0.2) is 5.78 Å². The summed E-state index contributed by atoms with van der Waals surface area (Å²) in [6.45, 7) is 0. The second-order valence-electron chi connectivity index (χ2n) is 5.77. The number of benzene rings is 1. The van der Waals surface area contributed by atoms with E-state index in [0.29, 0.717) is 22.4 Å². The quantitative estimate of drug-likeness (QED) is 0.837. The van der Waals surface area contributed by atoms with E-state index < -0.39 is 5.92 Å². The zero-order chi connectivity index (χ0) is 13.4. The summed E-state index contributed by atoms with van der Waals surface area (Å²) in [6.07, 6.45) is 4.57. The largest absolute Gasteiger partial charge is 0.298 e. The predicted molar refractivity (Wildman–Crippen MR) is 73.8 cm³/mol. The van der Waals surface area contributed by atoms with E-state index in [9.17, 15) is 10.1 Å². The maximum Gasteiger partial charge on any atom is 0.157 e. The summed E-state index contributed by atoms with van der Waals surface area (Å²) in [4.78, 5) is 12.6. The zero-order valence-electron chi connectivity index (χ0n) is 10.7. The van der Waals surface area contributed by atoms with Crippen molar-refractivity contribution >= 4 is 17.4 Å². The Morgan fingerprint density at radius 3 is 2.68 bits per heavy atom. The second-order valence-corrected chi connectivity index (χ2v) is 6.17. The molecule has 0 aromatic heterocycles. The van der Waals surface area contributed by atoms with E-state index >= 15 is 0 Å². The van der Waals surface area contributed by atoms with Gasteiger partial charge in [0.2, 0.25) is 0 Å². The number of hydrogen-bond donors (Lipinski definition) is 0. The van der Waals surface area contributed by atoms with Crippen LogP contribution >= 0.6 is 11.6 Å². The molecule has 0 heterocycles. The summed E-state index contributed by atoms with van der Waals surface area (Å²) in [7, 11) is 0. The van der Waals surface area contributed by atoms with Crippen LogP contribution in [0.4, 0.5) is 0 Å². The van der Waals surface area contributed by atoms with Gasteiger partial charge in [-0.1, -0.05) is 36.2 Å². The minimum atomic E-state index is -0.696. The van der Waals surface area contributed by atoms with E-state index in [4.69, 9.17) is 11.6 Å². The Morgan fingerprint density at radius 1 is 1.32 bits per heavy atom. The zero-order valence-corrected chi connectivity index (χ0v) is 11.4. The average Bonchev–Trinajstić information content (AvgIpc) is 3.04. The molecule has 4 atom stereocenters. The molecular weight excluding hydrogens is 258 g/mol. The Balaban J connectivity index is 1.86. The Hall–Kier alpha value is -1.33. The standard InChI is InChI=1S/C16H16ClNO/c17-15-4-2-1-3-12(15)14(9-18)16(19)13-8-10-5-6-11(13)7-10/h1-4,10-11,13-14H,5-8H2. The van der Waals surface area contributed by atoms with Crippen molar-refractivity contribution < 1.29 is 4.79 Å². The molecule has 4 unspecified atom stereocenters. The summed E-state index contributed by atoms with van der Waals surface area (Å²) in [5.41, 5.74) is 0.666. The van der Waals surface area contributed by atoms with Crippen LogP contribution in [0.5, 0.6) is 0 Å². The molecule has 1 aromatic rings. The van der Waals surface area contributed by atoms with Gasteiger partial charge >= 0.3 is 0 Å². The highest BCUT2D eigenvalue weighted by molar-refractivity contribution is 6.31. The van der Waals surface area contributed by atoms with Crippen molar-refractivity contribution in [3.8, 4) is 6.07 Å². The van der Waals surface area contributed by atoms with Crippen molar-refractivity contribution in [2.45, 2.75) is 31.6 Å². The third kappa shape index (κ3) is 2.17. The van der Waals surface area contributed by atoms with Crippen molar-refractivity contribution in [3.63, 3.8) is 0 Å². The van der Waals surface area contributed by atoms with E-state index in [2.05, 4.69) is 6.07 Å². The molecule has 2 saturated carbocycles. The van der Waals surface area contributed by atoms with E-state index in [1.54, 1.807) is 12.1 Å². The monoisotopic (exact) mass is 273 g/mol. The fourth-order valence-corrected chi connectivity index (χ4v) is 4.05. The topological polar surface area (TPSA) is 40.9 Å². The van der Waals surface area contributed by atoms with Crippen molar-refractivity contribution in [1.82, 2.24) is 0 Å². The number of carbonyl (C=O) groups is 1. The van der Waals surface area contributed by atoms with Crippen LogP contribution in [0.1, 0.15) is 37.2 Å². The van der Waals surface area contributed by atoms with Crippen LogP contribution in [0.2, 0.25) is 5.02 Å². The van der Waals surface area contributed by atoms with Crippen molar-refractivity contribution in [2.24, 2.45) is 17.8 Å². The first-order chi connectivity index (χ1) is 9.20. The lowest BCUT2D eigenvalue weighted by molar-refractivity contribution is -0.124. The van der Waals surface area contributed by atoms with Crippen molar-refractivity contribution in [1.29, 1.82) is 5.26 Å². The van der Waals surface area contributed by atoms with Gasteiger partial charge in [-0.3, -0.25) is 4.79 Å². The molecule has 0 aliphatic heterocycles. The normalized spacial score (nSPS) is 30.0. The van der Waals surface area contributed by atoms with Crippen LogP contribution in [0, 0.1) is 29.1 Å². The number of halogens is 1. The van der Waals surface area contributed by atoms with Gasteiger partial charge in [-0.25, -0.2) is 0 Å². The molecule has 2 aliphatic rings. The van der Waals surface area contributed by atoms with Crippen LogP contribution in [0.3, 0.4) is 0 Å². The van der Waals surface area contributed by atoms with E-state index in [0.717, 1.165) is 12.8 Å².